The zero-order chi connectivity index (χ0) is 15.5. The molecule has 22 heavy (non-hydrogen) atoms. The van der Waals surface area contributed by atoms with Gasteiger partial charge in [0.2, 0.25) is 0 Å². The molecule has 0 aliphatic heterocycles. The van der Waals surface area contributed by atoms with Crippen LogP contribution in [0.15, 0.2) is 24.4 Å². The number of methoxy groups -OCH3 is 1. The first kappa shape index (κ1) is 15.0. The Morgan fingerprint density at radius 2 is 2.09 bits per heavy atom. The first-order valence-corrected chi connectivity index (χ1v) is 8.08. The van der Waals surface area contributed by atoms with Crippen LogP contribution in [0.1, 0.15) is 16.9 Å². The van der Waals surface area contributed by atoms with Gasteiger partial charge >= 0.3 is 0 Å². The molecule has 0 unspecified atom stereocenters. The molecule has 0 amide bonds. The van der Waals surface area contributed by atoms with Crippen molar-refractivity contribution in [1.82, 2.24) is 15.2 Å². The van der Waals surface area contributed by atoms with E-state index in [1.807, 2.05) is 18.2 Å². The summed E-state index contributed by atoms with van der Waals surface area (Å²) in [5.41, 5.74) is 1.69. The molecule has 2 aromatic heterocycles. The second kappa shape index (κ2) is 6.46. The summed E-state index contributed by atoms with van der Waals surface area (Å²) in [6, 6.07) is 5.72. The number of rotatable bonds is 5. The number of pyridine rings is 1. The molecule has 0 saturated carbocycles. The van der Waals surface area contributed by atoms with Crippen molar-refractivity contribution in [2.24, 2.45) is 0 Å². The number of aromatic nitrogens is 3. The molecule has 0 saturated heterocycles. The van der Waals surface area contributed by atoms with Crippen LogP contribution >= 0.6 is 22.9 Å². The van der Waals surface area contributed by atoms with E-state index in [4.69, 9.17) is 16.3 Å². The van der Waals surface area contributed by atoms with Gasteiger partial charge in [-0.15, -0.1) is 10.2 Å². The fourth-order valence-corrected chi connectivity index (χ4v) is 3.06. The maximum atomic E-state index is 6.30. The van der Waals surface area contributed by atoms with Crippen LogP contribution in [0.3, 0.4) is 0 Å². The highest BCUT2D eigenvalue weighted by Gasteiger charge is 2.10. The van der Waals surface area contributed by atoms with Crippen molar-refractivity contribution in [2.75, 3.05) is 12.4 Å². The first-order valence-electron chi connectivity index (χ1n) is 6.88. The molecule has 0 radical (unpaired) electrons. The molecule has 1 N–H and O–H groups in total. The predicted octanol–water partition coefficient (Wildman–Crippen LogP) is 3.92. The minimum atomic E-state index is 0.570. The van der Waals surface area contributed by atoms with E-state index in [0.717, 1.165) is 38.8 Å². The van der Waals surface area contributed by atoms with Gasteiger partial charge < -0.3 is 10.1 Å². The Morgan fingerprint density at radius 1 is 1.27 bits per heavy atom. The second-order valence-corrected chi connectivity index (χ2v) is 6.21. The van der Waals surface area contributed by atoms with E-state index in [2.05, 4.69) is 27.4 Å². The molecule has 2 heterocycles. The molecule has 5 nitrogen and oxygen atoms in total. The lowest BCUT2D eigenvalue weighted by atomic mass is 10.1. The van der Waals surface area contributed by atoms with E-state index in [9.17, 15) is 0 Å². The van der Waals surface area contributed by atoms with Gasteiger partial charge in [-0.05, 0) is 24.6 Å². The third-order valence-corrected chi connectivity index (χ3v) is 4.61. The molecule has 1 aromatic carbocycles. The van der Waals surface area contributed by atoms with Crippen LogP contribution < -0.4 is 10.1 Å². The SMILES string of the molecule is CCc1nnc(CNc2c(Cl)cnc3ccc(OC)cc23)s1. The van der Waals surface area contributed by atoms with Gasteiger partial charge in [0.1, 0.15) is 15.8 Å². The average Bonchev–Trinajstić information content (AvgIpc) is 3.01. The molecule has 0 aliphatic rings. The monoisotopic (exact) mass is 334 g/mol. The van der Waals surface area contributed by atoms with Crippen LogP contribution in [-0.4, -0.2) is 22.3 Å². The highest BCUT2D eigenvalue weighted by atomic mass is 35.5. The molecule has 0 bridgehead atoms. The molecule has 0 atom stereocenters. The van der Waals surface area contributed by atoms with Crippen molar-refractivity contribution in [3.05, 3.63) is 39.4 Å². The average molecular weight is 335 g/mol. The van der Waals surface area contributed by atoms with Crippen molar-refractivity contribution < 1.29 is 4.74 Å². The maximum Gasteiger partial charge on any atom is 0.136 e. The summed E-state index contributed by atoms with van der Waals surface area (Å²) >= 11 is 7.90. The number of ether oxygens (including phenoxy) is 1. The van der Waals surface area contributed by atoms with E-state index in [-0.39, 0.29) is 0 Å². The number of nitrogens with one attached hydrogen (secondary N) is 1. The summed E-state index contributed by atoms with van der Waals surface area (Å²) in [6.45, 7) is 2.64. The molecule has 0 aliphatic carbocycles. The molecule has 114 valence electrons. The van der Waals surface area contributed by atoms with Crippen LogP contribution in [0.25, 0.3) is 10.9 Å². The Balaban J connectivity index is 1.92. The molecular weight excluding hydrogens is 320 g/mol. The summed E-state index contributed by atoms with van der Waals surface area (Å²) < 4.78 is 5.28. The van der Waals surface area contributed by atoms with Crippen LogP contribution in [0, 0.1) is 0 Å². The van der Waals surface area contributed by atoms with E-state index in [1.54, 1.807) is 24.6 Å². The zero-order valence-corrected chi connectivity index (χ0v) is 13.8. The van der Waals surface area contributed by atoms with Crippen LogP contribution in [0.2, 0.25) is 5.02 Å². The Labute approximate surface area is 137 Å². The Hall–Kier alpha value is -1.92. The Bertz CT molecular complexity index is 805. The zero-order valence-electron chi connectivity index (χ0n) is 12.3. The minimum Gasteiger partial charge on any atom is -0.497 e. The number of hydrogen-bond acceptors (Lipinski definition) is 6. The number of fused-ring (bicyclic) bond motifs is 1. The smallest absolute Gasteiger partial charge is 0.136 e. The molecule has 0 fully saturated rings. The van der Waals surface area contributed by atoms with Gasteiger partial charge in [-0.1, -0.05) is 29.9 Å². The van der Waals surface area contributed by atoms with Gasteiger partial charge in [0.05, 0.1) is 29.9 Å². The normalized spacial score (nSPS) is 10.9. The summed E-state index contributed by atoms with van der Waals surface area (Å²) in [5, 5.41) is 15.1. The van der Waals surface area contributed by atoms with E-state index < -0.39 is 0 Å². The predicted molar refractivity (Wildman–Crippen MR) is 89.9 cm³/mol. The number of nitrogens with zero attached hydrogens (tertiary/aromatic N) is 3. The largest absolute Gasteiger partial charge is 0.497 e. The second-order valence-electron chi connectivity index (χ2n) is 4.66. The van der Waals surface area contributed by atoms with Crippen molar-refractivity contribution in [2.45, 2.75) is 19.9 Å². The quantitative estimate of drug-likeness (QED) is 0.766. The van der Waals surface area contributed by atoms with Crippen molar-refractivity contribution >= 4 is 39.5 Å². The fourth-order valence-electron chi connectivity index (χ4n) is 2.12. The standard InChI is InChI=1S/C15H15ClN4OS/c1-3-13-19-20-14(22-13)8-18-15-10-6-9(21-2)4-5-12(10)17-7-11(15)16/h4-7H,3,8H2,1-2H3,(H,17,18). The number of benzene rings is 1. The summed E-state index contributed by atoms with van der Waals surface area (Å²) in [4.78, 5) is 4.34. The Kier molecular flexibility index (Phi) is 4.40. The van der Waals surface area contributed by atoms with Gasteiger partial charge in [-0.3, -0.25) is 4.98 Å². The van der Waals surface area contributed by atoms with Gasteiger partial charge in [-0.25, -0.2) is 0 Å². The number of halogens is 1. The van der Waals surface area contributed by atoms with Gasteiger partial charge in [0.25, 0.3) is 0 Å². The number of hydrogen-bond donors (Lipinski definition) is 1. The summed E-state index contributed by atoms with van der Waals surface area (Å²) in [6.07, 6.45) is 2.55. The van der Waals surface area contributed by atoms with Crippen LogP contribution in [0.4, 0.5) is 5.69 Å². The van der Waals surface area contributed by atoms with Gasteiger partial charge in [0.15, 0.2) is 0 Å². The van der Waals surface area contributed by atoms with Gasteiger partial charge in [-0.2, -0.15) is 0 Å². The van der Waals surface area contributed by atoms with E-state index in [0.29, 0.717) is 11.6 Å². The minimum absolute atomic E-state index is 0.570. The van der Waals surface area contributed by atoms with Crippen LogP contribution in [-0.2, 0) is 13.0 Å². The third kappa shape index (κ3) is 2.98. The molecule has 3 aromatic rings. The first-order chi connectivity index (χ1) is 10.7. The maximum absolute atomic E-state index is 6.30. The summed E-state index contributed by atoms with van der Waals surface area (Å²) in [7, 11) is 1.64. The van der Waals surface area contributed by atoms with Gasteiger partial charge in [0, 0.05) is 11.6 Å². The summed E-state index contributed by atoms with van der Waals surface area (Å²) in [5.74, 6) is 0.767. The fraction of sp³-hybridized carbons (Fsp3) is 0.267. The third-order valence-electron chi connectivity index (χ3n) is 3.26. The number of anilines is 1. The lowest BCUT2D eigenvalue weighted by Crippen LogP contribution is -2.01. The van der Waals surface area contributed by atoms with Crippen molar-refractivity contribution in [3.63, 3.8) is 0 Å². The molecule has 3 rings (SSSR count). The number of aryl methyl sites for hydroxylation is 1. The lowest BCUT2D eigenvalue weighted by Gasteiger charge is -2.11. The lowest BCUT2D eigenvalue weighted by molar-refractivity contribution is 0.415. The highest BCUT2D eigenvalue weighted by Crippen LogP contribution is 2.32. The van der Waals surface area contributed by atoms with Crippen molar-refractivity contribution in [3.8, 4) is 5.75 Å². The van der Waals surface area contributed by atoms with Crippen molar-refractivity contribution in [1.29, 1.82) is 0 Å². The van der Waals surface area contributed by atoms with E-state index >= 15 is 0 Å². The molecular formula is C15H15ClN4OS. The van der Waals surface area contributed by atoms with Crippen LogP contribution in [0.5, 0.6) is 5.75 Å². The molecule has 7 heteroatoms. The molecule has 0 spiro atoms. The Morgan fingerprint density at radius 3 is 2.82 bits per heavy atom. The highest BCUT2D eigenvalue weighted by molar-refractivity contribution is 7.11. The topological polar surface area (TPSA) is 59.9 Å². The van der Waals surface area contributed by atoms with E-state index in [1.165, 1.54) is 0 Å².